The number of para-hydroxylation sites is 1. The van der Waals surface area contributed by atoms with E-state index >= 15 is 0 Å². The summed E-state index contributed by atoms with van der Waals surface area (Å²) in [6, 6.07) is 8.86. The van der Waals surface area contributed by atoms with E-state index in [-0.39, 0.29) is 12.3 Å². The number of halogens is 1. The monoisotopic (exact) mass is 309 g/mol. The highest BCUT2D eigenvalue weighted by Gasteiger charge is 2.12. The summed E-state index contributed by atoms with van der Waals surface area (Å²) >= 11 is 6.14. The number of methoxy groups -OCH3 is 1. The fraction of sp³-hybridized carbons (Fsp3) is 0.333. The highest BCUT2D eigenvalue weighted by Crippen LogP contribution is 2.22. The van der Waals surface area contributed by atoms with Gasteiger partial charge >= 0.3 is 5.97 Å². The SMILES string of the molecule is COCCOCCOC(=O)c1cc(Cl)c2ccccc2n1. The van der Waals surface area contributed by atoms with Crippen LogP contribution < -0.4 is 0 Å². The number of pyridine rings is 1. The third kappa shape index (κ3) is 4.39. The lowest BCUT2D eigenvalue weighted by molar-refractivity contribution is 0.0210. The van der Waals surface area contributed by atoms with E-state index in [1.54, 1.807) is 13.2 Å². The standard InChI is InChI=1S/C15H16ClNO4/c1-19-6-7-20-8-9-21-15(18)14-10-12(16)11-4-2-3-5-13(11)17-14/h2-5,10H,6-9H2,1H3. The Kier molecular flexibility index (Phi) is 5.92. The number of hydrogen-bond acceptors (Lipinski definition) is 5. The van der Waals surface area contributed by atoms with Crippen molar-refractivity contribution in [2.75, 3.05) is 33.5 Å². The summed E-state index contributed by atoms with van der Waals surface area (Å²) in [6.45, 7) is 1.45. The zero-order valence-electron chi connectivity index (χ0n) is 11.7. The molecule has 0 spiro atoms. The van der Waals surface area contributed by atoms with Gasteiger partial charge < -0.3 is 14.2 Å². The fourth-order valence-corrected chi connectivity index (χ4v) is 2.01. The van der Waals surface area contributed by atoms with Crippen molar-refractivity contribution < 1.29 is 19.0 Å². The first-order valence-corrected chi connectivity index (χ1v) is 6.89. The summed E-state index contributed by atoms with van der Waals surface area (Å²) in [5.41, 5.74) is 0.851. The van der Waals surface area contributed by atoms with Gasteiger partial charge in [0.25, 0.3) is 0 Å². The number of esters is 1. The summed E-state index contributed by atoms with van der Waals surface area (Å²) in [6.07, 6.45) is 0. The molecule has 0 N–H and O–H groups in total. The Bertz CT molecular complexity index is 618. The van der Waals surface area contributed by atoms with Crippen LogP contribution in [0.3, 0.4) is 0 Å². The second-order valence-corrected chi connectivity index (χ2v) is 4.65. The smallest absolute Gasteiger partial charge is 0.357 e. The molecule has 6 heteroatoms. The molecule has 0 radical (unpaired) electrons. The number of fused-ring (bicyclic) bond motifs is 1. The number of ether oxygens (including phenoxy) is 3. The van der Waals surface area contributed by atoms with Gasteiger partial charge in [0.2, 0.25) is 0 Å². The van der Waals surface area contributed by atoms with Crippen LogP contribution in [-0.4, -0.2) is 44.5 Å². The van der Waals surface area contributed by atoms with Gasteiger partial charge in [-0.1, -0.05) is 29.8 Å². The molecular weight excluding hydrogens is 294 g/mol. The van der Waals surface area contributed by atoms with Crippen LogP contribution in [0.2, 0.25) is 5.02 Å². The maximum absolute atomic E-state index is 11.9. The summed E-state index contributed by atoms with van der Waals surface area (Å²) in [7, 11) is 1.60. The maximum atomic E-state index is 11.9. The predicted octanol–water partition coefficient (Wildman–Crippen LogP) is 2.71. The summed E-state index contributed by atoms with van der Waals surface area (Å²) < 4.78 is 15.1. The molecule has 0 aliphatic rings. The van der Waals surface area contributed by atoms with E-state index in [1.807, 2.05) is 18.2 Å². The minimum Gasteiger partial charge on any atom is -0.459 e. The van der Waals surface area contributed by atoms with E-state index in [2.05, 4.69) is 4.98 Å². The number of nitrogens with zero attached hydrogens (tertiary/aromatic N) is 1. The molecule has 0 bridgehead atoms. The van der Waals surface area contributed by atoms with Crippen LogP contribution >= 0.6 is 11.6 Å². The maximum Gasteiger partial charge on any atom is 0.357 e. The molecule has 112 valence electrons. The number of aromatic nitrogens is 1. The largest absolute Gasteiger partial charge is 0.459 e. The number of carbonyl (C=O) groups is 1. The molecule has 1 aromatic carbocycles. The van der Waals surface area contributed by atoms with Crippen molar-refractivity contribution in [2.45, 2.75) is 0 Å². The molecule has 0 saturated carbocycles. The molecule has 2 aromatic rings. The van der Waals surface area contributed by atoms with Crippen LogP contribution in [0, 0.1) is 0 Å². The molecule has 0 aliphatic carbocycles. The zero-order chi connectivity index (χ0) is 15.1. The van der Waals surface area contributed by atoms with E-state index in [0.29, 0.717) is 30.4 Å². The van der Waals surface area contributed by atoms with E-state index in [9.17, 15) is 4.79 Å². The molecule has 0 atom stereocenters. The first-order chi connectivity index (χ1) is 10.2. The predicted molar refractivity (Wildman–Crippen MR) is 79.7 cm³/mol. The Hall–Kier alpha value is -1.69. The molecular formula is C15H16ClNO4. The Morgan fingerprint density at radius 2 is 1.95 bits per heavy atom. The molecule has 0 fully saturated rings. The van der Waals surface area contributed by atoms with E-state index in [1.165, 1.54) is 6.07 Å². The third-order valence-electron chi connectivity index (χ3n) is 2.77. The number of carbonyl (C=O) groups excluding carboxylic acids is 1. The van der Waals surface area contributed by atoms with Gasteiger partial charge in [0.1, 0.15) is 6.61 Å². The molecule has 1 aromatic heterocycles. The van der Waals surface area contributed by atoms with E-state index in [4.69, 9.17) is 25.8 Å². The molecule has 0 amide bonds. The van der Waals surface area contributed by atoms with Gasteiger partial charge in [-0.15, -0.1) is 0 Å². The quantitative estimate of drug-likeness (QED) is 0.581. The minimum absolute atomic E-state index is 0.161. The van der Waals surface area contributed by atoms with Crippen LogP contribution in [0.5, 0.6) is 0 Å². The lowest BCUT2D eigenvalue weighted by Gasteiger charge is -2.07. The summed E-state index contributed by atoms with van der Waals surface area (Å²) in [5, 5.41) is 1.28. The average molecular weight is 310 g/mol. The van der Waals surface area contributed by atoms with E-state index < -0.39 is 5.97 Å². The highest BCUT2D eigenvalue weighted by molar-refractivity contribution is 6.35. The van der Waals surface area contributed by atoms with Gasteiger partial charge in [-0.05, 0) is 12.1 Å². The molecule has 21 heavy (non-hydrogen) atoms. The molecule has 5 nitrogen and oxygen atoms in total. The fourth-order valence-electron chi connectivity index (χ4n) is 1.75. The highest BCUT2D eigenvalue weighted by atomic mass is 35.5. The molecule has 0 unspecified atom stereocenters. The first kappa shape index (κ1) is 15.7. The van der Waals surface area contributed by atoms with Crippen molar-refractivity contribution in [2.24, 2.45) is 0 Å². The average Bonchev–Trinajstić information content (AvgIpc) is 2.50. The molecule has 0 saturated heterocycles. The summed E-state index contributed by atoms with van der Waals surface area (Å²) in [5.74, 6) is -0.516. The minimum atomic E-state index is -0.516. The Balaban J connectivity index is 1.93. The number of hydrogen-bond donors (Lipinski definition) is 0. The van der Waals surface area contributed by atoms with Crippen molar-refractivity contribution >= 4 is 28.5 Å². The van der Waals surface area contributed by atoms with E-state index in [0.717, 1.165) is 5.39 Å². The van der Waals surface area contributed by atoms with Gasteiger partial charge in [-0.2, -0.15) is 0 Å². The van der Waals surface area contributed by atoms with Crippen LogP contribution in [0.1, 0.15) is 10.5 Å². The molecule has 2 rings (SSSR count). The normalized spacial score (nSPS) is 10.8. The number of rotatable bonds is 7. The Morgan fingerprint density at radius 3 is 2.76 bits per heavy atom. The van der Waals surface area contributed by atoms with Gasteiger partial charge in [-0.3, -0.25) is 0 Å². The zero-order valence-corrected chi connectivity index (χ0v) is 12.4. The second kappa shape index (κ2) is 7.93. The van der Waals surface area contributed by atoms with Crippen LogP contribution in [0.15, 0.2) is 30.3 Å². The van der Waals surface area contributed by atoms with Crippen molar-refractivity contribution in [3.63, 3.8) is 0 Å². The van der Waals surface area contributed by atoms with Crippen LogP contribution in [0.4, 0.5) is 0 Å². The Morgan fingerprint density at radius 1 is 1.19 bits per heavy atom. The molecule has 1 heterocycles. The third-order valence-corrected chi connectivity index (χ3v) is 3.08. The van der Waals surface area contributed by atoms with Crippen molar-refractivity contribution in [3.05, 3.63) is 41.0 Å². The molecule has 0 aliphatic heterocycles. The topological polar surface area (TPSA) is 57.7 Å². The number of benzene rings is 1. The van der Waals surface area contributed by atoms with Gasteiger partial charge in [0, 0.05) is 12.5 Å². The van der Waals surface area contributed by atoms with Crippen molar-refractivity contribution in [1.29, 1.82) is 0 Å². The first-order valence-electron chi connectivity index (χ1n) is 6.51. The van der Waals surface area contributed by atoms with Crippen LogP contribution in [-0.2, 0) is 14.2 Å². The van der Waals surface area contributed by atoms with Gasteiger partial charge in [0.15, 0.2) is 5.69 Å². The summed E-state index contributed by atoms with van der Waals surface area (Å²) in [4.78, 5) is 16.2. The van der Waals surface area contributed by atoms with Gasteiger partial charge in [0.05, 0.1) is 30.4 Å². The lowest BCUT2D eigenvalue weighted by Crippen LogP contribution is -2.13. The second-order valence-electron chi connectivity index (χ2n) is 4.25. The van der Waals surface area contributed by atoms with Crippen molar-refractivity contribution in [1.82, 2.24) is 4.98 Å². The van der Waals surface area contributed by atoms with Crippen LogP contribution in [0.25, 0.3) is 10.9 Å². The van der Waals surface area contributed by atoms with Crippen molar-refractivity contribution in [3.8, 4) is 0 Å². The Labute approximate surface area is 127 Å². The van der Waals surface area contributed by atoms with Gasteiger partial charge in [-0.25, -0.2) is 9.78 Å². The lowest BCUT2D eigenvalue weighted by atomic mass is 10.2.